The molecule has 0 amide bonds. The van der Waals surface area contributed by atoms with E-state index in [9.17, 15) is 18.7 Å². The summed E-state index contributed by atoms with van der Waals surface area (Å²) in [6.45, 7) is 2.05. The normalized spacial score (nSPS) is 14.3. The molecule has 1 aromatic carbocycles. The fourth-order valence-electron chi connectivity index (χ4n) is 1.83. The standard InChI is InChI=1S/C14H19F2NO3/c1-9(17(2)7-11(18)8-20-3)14(19)10-4-5-12(15)13(16)6-10/h4-6,9,11,18H,7-8H2,1-3H3. The van der Waals surface area contributed by atoms with E-state index in [-0.39, 0.29) is 24.5 Å². The van der Waals surface area contributed by atoms with Crippen molar-refractivity contribution >= 4 is 5.78 Å². The van der Waals surface area contributed by atoms with Crippen LogP contribution < -0.4 is 0 Å². The van der Waals surface area contributed by atoms with Crippen LogP contribution in [0.1, 0.15) is 17.3 Å². The van der Waals surface area contributed by atoms with E-state index in [2.05, 4.69) is 0 Å². The van der Waals surface area contributed by atoms with E-state index in [1.54, 1.807) is 18.9 Å². The molecule has 0 radical (unpaired) electrons. The molecule has 0 aliphatic carbocycles. The Morgan fingerprint density at radius 3 is 2.60 bits per heavy atom. The van der Waals surface area contributed by atoms with Crippen LogP contribution in [0.4, 0.5) is 8.78 Å². The number of halogens is 2. The number of benzene rings is 1. The van der Waals surface area contributed by atoms with Crippen LogP contribution in [0.5, 0.6) is 0 Å². The first-order chi connectivity index (χ1) is 9.36. The molecule has 1 N–H and O–H groups in total. The van der Waals surface area contributed by atoms with Crippen LogP contribution >= 0.6 is 0 Å². The van der Waals surface area contributed by atoms with Crippen molar-refractivity contribution in [1.29, 1.82) is 0 Å². The van der Waals surface area contributed by atoms with Gasteiger partial charge in [0.25, 0.3) is 0 Å². The average molecular weight is 287 g/mol. The predicted molar refractivity (Wildman–Crippen MR) is 70.7 cm³/mol. The molecule has 2 atom stereocenters. The summed E-state index contributed by atoms with van der Waals surface area (Å²) < 4.78 is 30.8. The molecule has 0 saturated carbocycles. The molecule has 112 valence electrons. The SMILES string of the molecule is COCC(O)CN(C)C(C)C(=O)c1ccc(F)c(F)c1. The van der Waals surface area contributed by atoms with Gasteiger partial charge in [0, 0.05) is 19.2 Å². The number of carbonyl (C=O) groups is 1. The van der Waals surface area contributed by atoms with Crippen LogP contribution in [-0.2, 0) is 4.74 Å². The number of Topliss-reactive ketones (excluding diaryl/α,β-unsaturated/α-hetero) is 1. The smallest absolute Gasteiger partial charge is 0.179 e. The summed E-state index contributed by atoms with van der Waals surface area (Å²) in [5.41, 5.74) is 0.101. The number of rotatable bonds is 7. The monoisotopic (exact) mass is 287 g/mol. The molecule has 1 aromatic rings. The van der Waals surface area contributed by atoms with Gasteiger partial charge in [0.05, 0.1) is 18.8 Å². The number of ether oxygens (including phenoxy) is 1. The van der Waals surface area contributed by atoms with Gasteiger partial charge in [-0.3, -0.25) is 9.69 Å². The fourth-order valence-corrected chi connectivity index (χ4v) is 1.83. The molecular formula is C14H19F2NO3. The molecule has 20 heavy (non-hydrogen) atoms. The lowest BCUT2D eigenvalue weighted by molar-refractivity contribution is 0.0351. The lowest BCUT2D eigenvalue weighted by Crippen LogP contribution is -2.41. The Hall–Kier alpha value is -1.37. The molecule has 0 aliphatic rings. The number of nitrogens with zero attached hydrogens (tertiary/aromatic N) is 1. The summed E-state index contributed by atoms with van der Waals surface area (Å²) >= 11 is 0. The van der Waals surface area contributed by atoms with Crippen molar-refractivity contribution in [2.24, 2.45) is 0 Å². The highest BCUT2D eigenvalue weighted by Crippen LogP contribution is 2.13. The number of likely N-dealkylation sites (N-methyl/N-ethyl adjacent to an activating group) is 1. The second kappa shape index (κ2) is 7.42. The summed E-state index contributed by atoms with van der Waals surface area (Å²) in [6, 6.07) is 2.49. The number of methoxy groups -OCH3 is 1. The Bertz CT molecular complexity index is 468. The molecule has 0 spiro atoms. The third-order valence-electron chi connectivity index (χ3n) is 3.10. The number of aliphatic hydroxyl groups is 1. The van der Waals surface area contributed by atoms with Crippen LogP contribution in [-0.4, -0.2) is 55.2 Å². The van der Waals surface area contributed by atoms with Gasteiger partial charge in [-0.15, -0.1) is 0 Å². The Balaban J connectivity index is 2.72. The lowest BCUT2D eigenvalue weighted by Gasteiger charge is -2.25. The molecule has 0 aliphatic heterocycles. The molecule has 4 nitrogen and oxygen atoms in total. The van der Waals surface area contributed by atoms with E-state index >= 15 is 0 Å². The van der Waals surface area contributed by atoms with Gasteiger partial charge in [-0.25, -0.2) is 8.78 Å². The van der Waals surface area contributed by atoms with Gasteiger partial charge in [-0.1, -0.05) is 0 Å². The largest absolute Gasteiger partial charge is 0.389 e. The van der Waals surface area contributed by atoms with Gasteiger partial charge in [0.15, 0.2) is 17.4 Å². The Morgan fingerprint density at radius 1 is 1.40 bits per heavy atom. The van der Waals surface area contributed by atoms with Crippen LogP contribution in [0, 0.1) is 11.6 Å². The minimum Gasteiger partial charge on any atom is -0.389 e. The lowest BCUT2D eigenvalue weighted by atomic mass is 10.0. The maximum Gasteiger partial charge on any atom is 0.179 e. The van der Waals surface area contributed by atoms with Crippen molar-refractivity contribution in [3.63, 3.8) is 0 Å². The average Bonchev–Trinajstić information content (AvgIpc) is 2.40. The Labute approximate surface area is 117 Å². The molecule has 6 heteroatoms. The van der Waals surface area contributed by atoms with E-state index in [0.29, 0.717) is 0 Å². The van der Waals surface area contributed by atoms with E-state index in [1.807, 2.05) is 0 Å². The van der Waals surface area contributed by atoms with Gasteiger partial charge in [-0.2, -0.15) is 0 Å². The van der Waals surface area contributed by atoms with Crippen molar-refractivity contribution in [3.8, 4) is 0 Å². The van der Waals surface area contributed by atoms with Gasteiger partial charge in [-0.05, 0) is 32.2 Å². The van der Waals surface area contributed by atoms with Crippen molar-refractivity contribution in [2.45, 2.75) is 19.1 Å². The first-order valence-electron chi connectivity index (χ1n) is 6.23. The summed E-state index contributed by atoms with van der Waals surface area (Å²) in [5.74, 6) is -2.38. The predicted octanol–water partition coefficient (Wildman–Crippen LogP) is 1.48. The van der Waals surface area contributed by atoms with Gasteiger partial charge >= 0.3 is 0 Å². The van der Waals surface area contributed by atoms with Crippen LogP contribution in [0.15, 0.2) is 18.2 Å². The van der Waals surface area contributed by atoms with Crippen molar-refractivity contribution in [3.05, 3.63) is 35.4 Å². The van der Waals surface area contributed by atoms with Gasteiger partial charge in [0.1, 0.15) is 0 Å². The first kappa shape index (κ1) is 16.7. The summed E-state index contributed by atoms with van der Waals surface area (Å²) in [7, 11) is 3.14. The molecule has 0 aromatic heterocycles. The zero-order valence-corrected chi connectivity index (χ0v) is 11.8. The molecule has 1 rings (SSSR count). The highest BCUT2D eigenvalue weighted by molar-refractivity contribution is 5.99. The molecule has 0 heterocycles. The molecule has 0 bridgehead atoms. The van der Waals surface area contributed by atoms with E-state index < -0.39 is 23.8 Å². The third-order valence-corrected chi connectivity index (χ3v) is 3.10. The number of hydrogen-bond acceptors (Lipinski definition) is 4. The fraction of sp³-hybridized carbons (Fsp3) is 0.500. The minimum atomic E-state index is -1.05. The van der Waals surface area contributed by atoms with Crippen molar-refractivity contribution in [1.82, 2.24) is 4.90 Å². The maximum atomic E-state index is 13.1. The van der Waals surface area contributed by atoms with Crippen molar-refractivity contribution < 1.29 is 23.4 Å². The number of carbonyl (C=O) groups excluding carboxylic acids is 1. The van der Waals surface area contributed by atoms with Crippen molar-refractivity contribution in [2.75, 3.05) is 27.3 Å². The summed E-state index contributed by atoms with van der Waals surface area (Å²) in [4.78, 5) is 13.8. The van der Waals surface area contributed by atoms with E-state index in [4.69, 9.17) is 4.74 Å². The van der Waals surface area contributed by atoms with Crippen LogP contribution in [0.3, 0.4) is 0 Å². The van der Waals surface area contributed by atoms with Gasteiger partial charge in [0.2, 0.25) is 0 Å². The van der Waals surface area contributed by atoms with E-state index in [1.165, 1.54) is 13.2 Å². The number of aliphatic hydroxyl groups excluding tert-OH is 1. The zero-order valence-electron chi connectivity index (χ0n) is 11.8. The van der Waals surface area contributed by atoms with Crippen LogP contribution in [0.25, 0.3) is 0 Å². The highest BCUT2D eigenvalue weighted by atomic mass is 19.2. The molecule has 2 unspecified atom stereocenters. The maximum absolute atomic E-state index is 13.1. The topological polar surface area (TPSA) is 49.8 Å². The summed E-state index contributed by atoms with van der Waals surface area (Å²) in [6.07, 6.45) is -0.717. The molecular weight excluding hydrogens is 268 g/mol. The zero-order chi connectivity index (χ0) is 15.3. The second-order valence-corrected chi connectivity index (χ2v) is 4.72. The summed E-state index contributed by atoms with van der Waals surface area (Å²) in [5, 5.41) is 9.61. The molecule has 0 saturated heterocycles. The molecule has 0 fully saturated rings. The Morgan fingerprint density at radius 2 is 2.05 bits per heavy atom. The van der Waals surface area contributed by atoms with Crippen LogP contribution in [0.2, 0.25) is 0 Å². The quantitative estimate of drug-likeness (QED) is 0.772. The second-order valence-electron chi connectivity index (χ2n) is 4.72. The van der Waals surface area contributed by atoms with E-state index in [0.717, 1.165) is 12.1 Å². The first-order valence-corrected chi connectivity index (χ1v) is 6.23. The van der Waals surface area contributed by atoms with Gasteiger partial charge < -0.3 is 9.84 Å². The Kier molecular flexibility index (Phi) is 6.19. The highest BCUT2D eigenvalue weighted by Gasteiger charge is 2.22. The third kappa shape index (κ3) is 4.33. The number of hydrogen-bond donors (Lipinski definition) is 1. The minimum absolute atomic E-state index is 0.101. The number of ketones is 1.